The molecule has 0 unspecified atom stereocenters. The van der Waals surface area contributed by atoms with Gasteiger partial charge >= 0.3 is 0 Å². The van der Waals surface area contributed by atoms with Crippen molar-refractivity contribution in [2.75, 3.05) is 0 Å². The number of rotatable bonds is 3. The molecular formula is C13H17N3. The minimum Gasteiger partial charge on any atom is -0.326 e. The fourth-order valence-corrected chi connectivity index (χ4v) is 1.90. The smallest absolute Gasteiger partial charge is 0.0968 e. The highest BCUT2D eigenvalue weighted by atomic mass is 15.1. The van der Waals surface area contributed by atoms with Crippen molar-refractivity contribution in [1.29, 1.82) is 0 Å². The zero-order chi connectivity index (χ0) is 11.5. The molecule has 1 aromatic carbocycles. The topological polar surface area (TPSA) is 54.7 Å². The number of nitrogens with one attached hydrogen (secondary N) is 1. The van der Waals surface area contributed by atoms with E-state index in [4.69, 9.17) is 5.73 Å². The van der Waals surface area contributed by atoms with E-state index in [1.165, 1.54) is 0 Å². The second-order valence-corrected chi connectivity index (χ2v) is 4.19. The van der Waals surface area contributed by atoms with Crippen LogP contribution in [-0.2, 0) is 6.54 Å². The number of nitrogens with zero attached hydrogens (tertiary/aromatic N) is 1. The van der Waals surface area contributed by atoms with Crippen molar-refractivity contribution in [1.82, 2.24) is 10.2 Å². The van der Waals surface area contributed by atoms with Crippen molar-refractivity contribution < 1.29 is 0 Å². The maximum Gasteiger partial charge on any atom is 0.0968 e. The molecule has 0 aliphatic rings. The van der Waals surface area contributed by atoms with Crippen LogP contribution in [0.5, 0.6) is 0 Å². The van der Waals surface area contributed by atoms with Gasteiger partial charge in [-0.05, 0) is 5.92 Å². The first-order valence-corrected chi connectivity index (χ1v) is 5.56. The van der Waals surface area contributed by atoms with E-state index in [1.807, 2.05) is 18.2 Å². The van der Waals surface area contributed by atoms with E-state index < -0.39 is 0 Å². The maximum absolute atomic E-state index is 5.81. The molecule has 3 heteroatoms. The predicted molar refractivity (Wildman–Crippen MR) is 66.0 cm³/mol. The molecule has 0 aliphatic heterocycles. The first kappa shape index (κ1) is 10.9. The molecule has 84 valence electrons. The van der Waals surface area contributed by atoms with Gasteiger partial charge in [0.2, 0.25) is 0 Å². The summed E-state index contributed by atoms with van der Waals surface area (Å²) in [5.74, 6) is 0.420. The summed E-state index contributed by atoms with van der Waals surface area (Å²) in [6.07, 6.45) is 0. The Labute approximate surface area is 95.7 Å². The van der Waals surface area contributed by atoms with Crippen molar-refractivity contribution >= 4 is 0 Å². The first-order chi connectivity index (χ1) is 7.74. The van der Waals surface area contributed by atoms with Crippen molar-refractivity contribution in [2.45, 2.75) is 26.3 Å². The Hall–Kier alpha value is -1.61. The number of nitrogens with two attached hydrogens (primary N) is 1. The van der Waals surface area contributed by atoms with Crippen molar-refractivity contribution in [3.63, 3.8) is 0 Å². The van der Waals surface area contributed by atoms with Gasteiger partial charge in [0.1, 0.15) is 0 Å². The normalized spacial score (nSPS) is 11.0. The zero-order valence-electron chi connectivity index (χ0n) is 9.70. The molecule has 2 aromatic rings. The number of benzene rings is 1. The zero-order valence-corrected chi connectivity index (χ0v) is 9.70. The molecule has 3 N–H and O–H groups in total. The fourth-order valence-electron chi connectivity index (χ4n) is 1.90. The number of hydrogen-bond donors (Lipinski definition) is 2. The SMILES string of the molecule is CC(C)c1[nH]nc(-c2ccccc2)c1CN. The number of H-pyrrole nitrogens is 1. The average Bonchev–Trinajstić information content (AvgIpc) is 2.73. The Morgan fingerprint density at radius 2 is 1.94 bits per heavy atom. The third kappa shape index (κ3) is 1.86. The lowest BCUT2D eigenvalue weighted by Gasteiger charge is -2.05. The largest absolute Gasteiger partial charge is 0.326 e. The van der Waals surface area contributed by atoms with Crippen LogP contribution in [0.15, 0.2) is 30.3 Å². The van der Waals surface area contributed by atoms with Crippen molar-refractivity contribution in [3.8, 4) is 11.3 Å². The standard InChI is InChI=1S/C13H17N3/c1-9(2)12-11(8-14)13(16-15-12)10-6-4-3-5-7-10/h3-7,9H,8,14H2,1-2H3,(H,15,16). The van der Waals surface area contributed by atoms with E-state index in [-0.39, 0.29) is 0 Å². The molecule has 2 rings (SSSR count). The minimum absolute atomic E-state index is 0.420. The van der Waals surface area contributed by atoms with Crippen LogP contribution in [0.25, 0.3) is 11.3 Å². The summed E-state index contributed by atoms with van der Waals surface area (Å²) in [5, 5.41) is 7.47. The highest BCUT2D eigenvalue weighted by molar-refractivity contribution is 5.64. The van der Waals surface area contributed by atoms with Gasteiger partial charge in [-0.2, -0.15) is 5.10 Å². The molecule has 0 saturated carbocycles. The molecule has 0 saturated heterocycles. The molecule has 3 nitrogen and oxygen atoms in total. The molecule has 16 heavy (non-hydrogen) atoms. The second kappa shape index (κ2) is 4.49. The molecule has 0 amide bonds. The highest BCUT2D eigenvalue weighted by Gasteiger charge is 2.15. The van der Waals surface area contributed by atoms with Crippen molar-refractivity contribution in [2.24, 2.45) is 5.73 Å². The lowest BCUT2D eigenvalue weighted by atomic mass is 10.0. The summed E-state index contributed by atoms with van der Waals surface area (Å²) in [6, 6.07) is 10.1. The lowest BCUT2D eigenvalue weighted by Crippen LogP contribution is -2.02. The van der Waals surface area contributed by atoms with Gasteiger partial charge in [-0.25, -0.2) is 0 Å². The summed E-state index contributed by atoms with van der Waals surface area (Å²) in [5.41, 5.74) is 10.2. The summed E-state index contributed by atoms with van der Waals surface area (Å²) in [4.78, 5) is 0. The highest BCUT2D eigenvalue weighted by Crippen LogP contribution is 2.27. The maximum atomic E-state index is 5.81. The number of hydrogen-bond acceptors (Lipinski definition) is 2. The molecule has 0 spiro atoms. The summed E-state index contributed by atoms with van der Waals surface area (Å²) >= 11 is 0. The Morgan fingerprint density at radius 1 is 1.25 bits per heavy atom. The van der Waals surface area contributed by atoms with Gasteiger partial charge < -0.3 is 5.73 Å². The number of aromatic amines is 1. The van der Waals surface area contributed by atoms with Crippen LogP contribution in [0.1, 0.15) is 31.0 Å². The molecule has 0 atom stereocenters. The molecule has 0 radical (unpaired) electrons. The lowest BCUT2D eigenvalue weighted by molar-refractivity contribution is 0.794. The number of aromatic nitrogens is 2. The van der Waals surface area contributed by atoms with Crippen LogP contribution < -0.4 is 5.73 Å². The van der Waals surface area contributed by atoms with Crippen LogP contribution in [0.3, 0.4) is 0 Å². The summed E-state index contributed by atoms with van der Waals surface area (Å²) < 4.78 is 0. The van der Waals surface area contributed by atoms with Gasteiger partial charge in [0.15, 0.2) is 0 Å². The second-order valence-electron chi connectivity index (χ2n) is 4.19. The molecule has 1 aromatic heterocycles. The van der Waals surface area contributed by atoms with E-state index in [0.29, 0.717) is 12.5 Å². The van der Waals surface area contributed by atoms with E-state index in [1.54, 1.807) is 0 Å². The van der Waals surface area contributed by atoms with Gasteiger partial charge in [0, 0.05) is 23.4 Å². The Kier molecular flexibility index (Phi) is 3.06. The Bertz CT molecular complexity index is 457. The monoisotopic (exact) mass is 215 g/mol. The average molecular weight is 215 g/mol. The van der Waals surface area contributed by atoms with E-state index in [0.717, 1.165) is 22.5 Å². The van der Waals surface area contributed by atoms with Crippen LogP contribution in [-0.4, -0.2) is 10.2 Å². The van der Waals surface area contributed by atoms with Crippen LogP contribution >= 0.6 is 0 Å². The Balaban J connectivity index is 2.50. The fraction of sp³-hybridized carbons (Fsp3) is 0.308. The van der Waals surface area contributed by atoms with Crippen LogP contribution in [0.2, 0.25) is 0 Å². The van der Waals surface area contributed by atoms with Gasteiger partial charge in [-0.1, -0.05) is 44.2 Å². The minimum atomic E-state index is 0.420. The third-order valence-corrected chi connectivity index (χ3v) is 2.73. The van der Waals surface area contributed by atoms with Gasteiger partial charge in [-0.3, -0.25) is 5.10 Å². The molecule has 0 aliphatic carbocycles. The van der Waals surface area contributed by atoms with Crippen molar-refractivity contribution in [3.05, 3.63) is 41.6 Å². The molecule has 0 bridgehead atoms. The molecular weight excluding hydrogens is 198 g/mol. The van der Waals surface area contributed by atoms with Crippen LogP contribution in [0.4, 0.5) is 0 Å². The Morgan fingerprint density at radius 3 is 2.50 bits per heavy atom. The van der Waals surface area contributed by atoms with Gasteiger partial charge in [0.25, 0.3) is 0 Å². The summed E-state index contributed by atoms with van der Waals surface area (Å²) in [7, 11) is 0. The third-order valence-electron chi connectivity index (χ3n) is 2.73. The quantitative estimate of drug-likeness (QED) is 0.827. The molecule has 0 fully saturated rings. The summed E-state index contributed by atoms with van der Waals surface area (Å²) in [6.45, 7) is 4.80. The van der Waals surface area contributed by atoms with E-state index in [9.17, 15) is 0 Å². The molecule has 1 heterocycles. The van der Waals surface area contributed by atoms with E-state index >= 15 is 0 Å². The van der Waals surface area contributed by atoms with Gasteiger partial charge in [-0.15, -0.1) is 0 Å². The predicted octanol–water partition coefficient (Wildman–Crippen LogP) is 2.66. The van der Waals surface area contributed by atoms with Crippen LogP contribution in [0, 0.1) is 0 Å². The van der Waals surface area contributed by atoms with Gasteiger partial charge in [0.05, 0.1) is 5.69 Å². The first-order valence-electron chi connectivity index (χ1n) is 5.56. The van der Waals surface area contributed by atoms with E-state index in [2.05, 4.69) is 36.2 Å².